The predicted octanol–water partition coefficient (Wildman–Crippen LogP) is 2.31. The molecule has 0 bridgehead atoms. The van der Waals surface area contributed by atoms with Gasteiger partial charge >= 0.3 is 0 Å². The highest BCUT2D eigenvalue weighted by Crippen LogP contribution is 2.24. The molecule has 1 aromatic rings. The number of allylic oxidation sites excluding steroid dienone is 2. The zero-order valence-electron chi connectivity index (χ0n) is 17.5. The second kappa shape index (κ2) is 10.1. The largest absolute Gasteiger partial charge is 0.495 e. The van der Waals surface area contributed by atoms with Gasteiger partial charge in [-0.15, -0.1) is 0 Å². The summed E-state index contributed by atoms with van der Waals surface area (Å²) in [7, 11) is 5.18. The van der Waals surface area contributed by atoms with Crippen molar-refractivity contribution in [3.8, 4) is 0 Å². The number of hydrogen-bond acceptors (Lipinski definition) is 6. The Bertz CT molecular complexity index is 845. The third-order valence-electron chi connectivity index (χ3n) is 3.92. The molecule has 0 fully saturated rings. The first-order valence-corrected chi connectivity index (χ1v) is 8.71. The summed E-state index contributed by atoms with van der Waals surface area (Å²) in [5, 5.41) is 6.75. The maximum atomic E-state index is 12.3. The number of ether oxygens (including phenoxy) is 1. The minimum absolute atomic E-state index is 0.294. The van der Waals surface area contributed by atoms with Gasteiger partial charge < -0.3 is 20.7 Å². The molecule has 28 heavy (non-hydrogen) atoms. The number of methoxy groups -OCH3 is 1. The van der Waals surface area contributed by atoms with E-state index in [-0.39, 0.29) is 5.91 Å². The first-order valence-electron chi connectivity index (χ1n) is 8.71. The van der Waals surface area contributed by atoms with E-state index in [1.165, 1.54) is 13.3 Å². The minimum atomic E-state index is -0.294. The number of aliphatic imine (C=N–C) groups is 1. The van der Waals surface area contributed by atoms with Crippen molar-refractivity contribution in [2.75, 3.05) is 20.7 Å². The highest BCUT2D eigenvalue weighted by atomic mass is 16.5. The van der Waals surface area contributed by atoms with Crippen molar-refractivity contribution < 1.29 is 9.53 Å². The lowest BCUT2D eigenvalue weighted by molar-refractivity contribution is 0.0976. The topological polar surface area (TPSA) is 97.8 Å². The molecule has 0 saturated carbocycles. The predicted molar refractivity (Wildman–Crippen MR) is 112 cm³/mol. The van der Waals surface area contributed by atoms with Crippen LogP contribution in [0.3, 0.4) is 0 Å². The van der Waals surface area contributed by atoms with Crippen LogP contribution in [-0.2, 0) is 11.8 Å². The summed E-state index contributed by atoms with van der Waals surface area (Å²) in [5.41, 5.74) is 8.98. The Hall–Kier alpha value is -3.29. The summed E-state index contributed by atoms with van der Waals surface area (Å²) in [5.74, 6) is 0.492. The Balaban J connectivity index is 3.22. The Morgan fingerprint density at radius 3 is 2.57 bits per heavy atom. The molecule has 0 radical (unpaired) electrons. The molecule has 0 aromatic carbocycles. The summed E-state index contributed by atoms with van der Waals surface area (Å²) in [6.45, 7) is 13.7. The van der Waals surface area contributed by atoms with Crippen molar-refractivity contribution >= 4 is 11.7 Å². The average Bonchev–Trinajstić information content (AvgIpc) is 3.05. The van der Waals surface area contributed by atoms with E-state index in [4.69, 9.17) is 10.5 Å². The monoisotopic (exact) mass is 386 g/mol. The molecule has 1 rings (SSSR count). The lowest BCUT2D eigenvalue weighted by atomic mass is 10.1. The van der Waals surface area contributed by atoms with Crippen LogP contribution in [0.2, 0.25) is 0 Å². The van der Waals surface area contributed by atoms with Crippen LogP contribution in [0.15, 0.2) is 65.0 Å². The fraction of sp³-hybridized carbons (Fsp3) is 0.350. The summed E-state index contributed by atoms with van der Waals surface area (Å²) in [6.07, 6.45) is 5.07. The number of carbonyl (C=O) groups excluding carboxylic acids is 1. The molecule has 1 aromatic heterocycles. The summed E-state index contributed by atoms with van der Waals surface area (Å²) >= 11 is 0. The van der Waals surface area contributed by atoms with Crippen LogP contribution in [0.4, 0.5) is 0 Å². The van der Waals surface area contributed by atoms with E-state index in [1.807, 2.05) is 31.9 Å². The van der Waals surface area contributed by atoms with Crippen molar-refractivity contribution in [2.45, 2.75) is 20.8 Å². The van der Waals surface area contributed by atoms with Gasteiger partial charge in [-0.2, -0.15) is 5.10 Å². The molecular weight excluding hydrogens is 356 g/mol. The number of amidine groups is 1. The molecule has 8 nitrogen and oxygen atoms in total. The van der Waals surface area contributed by atoms with E-state index in [1.54, 1.807) is 24.9 Å². The molecule has 3 N–H and O–H groups in total. The third-order valence-corrected chi connectivity index (χ3v) is 3.92. The van der Waals surface area contributed by atoms with Gasteiger partial charge in [-0.3, -0.25) is 9.48 Å². The van der Waals surface area contributed by atoms with E-state index < -0.39 is 0 Å². The summed E-state index contributed by atoms with van der Waals surface area (Å²) in [6, 6.07) is 0. The number of rotatable bonds is 8. The molecule has 0 unspecified atom stereocenters. The smallest absolute Gasteiger partial charge is 0.259 e. The van der Waals surface area contributed by atoms with Gasteiger partial charge in [0.2, 0.25) is 0 Å². The molecule has 0 aliphatic rings. The number of aromatic nitrogens is 2. The van der Waals surface area contributed by atoms with Crippen LogP contribution < -0.4 is 11.1 Å². The highest BCUT2D eigenvalue weighted by molar-refractivity contribution is 6.05. The zero-order valence-corrected chi connectivity index (χ0v) is 17.5. The summed E-state index contributed by atoms with van der Waals surface area (Å²) < 4.78 is 6.87. The molecule has 1 amide bonds. The maximum Gasteiger partial charge on any atom is 0.259 e. The van der Waals surface area contributed by atoms with Gasteiger partial charge in [0.15, 0.2) is 0 Å². The lowest BCUT2D eigenvalue weighted by Crippen LogP contribution is -2.28. The Morgan fingerprint density at radius 1 is 1.46 bits per heavy atom. The number of nitrogens with zero attached hydrogens (tertiary/aromatic N) is 4. The van der Waals surface area contributed by atoms with Crippen LogP contribution >= 0.6 is 0 Å². The van der Waals surface area contributed by atoms with Crippen LogP contribution in [-0.4, -0.2) is 47.1 Å². The van der Waals surface area contributed by atoms with Gasteiger partial charge in [-0.1, -0.05) is 19.2 Å². The van der Waals surface area contributed by atoms with Gasteiger partial charge in [0, 0.05) is 37.3 Å². The number of likely N-dealkylation sites (N-methyl/N-ethyl adjacent to an activating group) is 1. The first kappa shape index (κ1) is 22.8. The van der Waals surface area contributed by atoms with Crippen molar-refractivity contribution in [1.29, 1.82) is 0 Å². The van der Waals surface area contributed by atoms with Gasteiger partial charge in [-0.05, 0) is 20.8 Å². The van der Waals surface area contributed by atoms with Gasteiger partial charge in [0.1, 0.15) is 17.3 Å². The standard InChI is InChI=1S/C20H30N6O2/c1-9-18(25(6)11-13(2)21)14(3)19(15(4)28-8)23-16(5)24-20(27)17-10-22-26(7)12-17/h9-10,12H,2,4,11,21H2,1,3,5-8H3,(H,23,24,27)/b18-9+,19-14+. The number of nitrogens with two attached hydrogens (primary N) is 1. The Morgan fingerprint density at radius 2 is 2.11 bits per heavy atom. The Labute approximate surface area is 166 Å². The molecule has 8 heteroatoms. The Kier molecular flexibility index (Phi) is 8.25. The SMILES string of the molecule is C=C(N)CN(C)C(=C/C)/C(C)=C(/N=C(C)NC(=O)c1cnn(C)c1)C(=C)OC. The van der Waals surface area contributed by atoms with E-state index in [0.717, 1.165) is 11.3 Å². The minimum Gasteiger partial charge on any atom is -0.495 e. The highest BCUT2D eigenvalue weighted by Gasteiger charge is 2.15. The molecular formula is C20H30N6O2. The lowest BCUT2D eigenvalue weighted by Gasteiger charge is -2.24. The fourth-order valence-electron chi connectivity index (χ4n) is 2.66. The quantitative estimate of drug-likeness (QED) is 0.309. The van der Waals surface area contributed by atoms with Gasteiger partial charge in [0.25, 0.3) is 5.91 Å². The first-order chi connectivity index (χ1) is 13.1. The molecule has 152 valence electrons. The average molecular weight is 387 g/mol. The number of nitrogens with one attached hydrogen (secondary N) is 1. The van der Waals surface area contributed by atoms with Gasteiger partial charge in [0.05, 0.1) is 25.4 Å². The van der Waals surface area contributed by atoms with Crippen LogP contribution in [0, 0.1) is 0 Å². The van der Waals surface area contributed by atoms with E-state index >= 15 is 0 Å². The fourth-order valence-corrected chi connectivity index (χ4v) is 2.66. The zero-order chi connectivity index (χ0) is 21.4. The second-order valence-electron chi connectivity index (χ2n) is 6.34. The van der Waals surface area contributed by atoms with Crippen LogP contribution in [0.5, 0.6) is 0 Å². The molecule has 0 saturated heterocycles. The molecule has 1 heterocycles. The second-order valence-corrected chi connectivity index (χ2v) is 6.34. The van der Waals surface area contributed by atoms with Crippen molar-refractivity contribution in [1.82, 2.24) is 20.0 Å². The number of hydrogen-bond donors (Lipinski definition) is 2. The normalized spacial score (nSPS) is 12.9. The number of aryl methyl sites for hydroxylation is 1. The third kappa shape index (κ3) is 6.15. The molecule has 0 spiro atoms. The number of amides is 1. The van der Waals surface area contributed by atoms with E-state index in [2.05, 4.69) is 28.6 Å². The molecule has 0 aliphatic heterocycles. The number of carbonyl (C=O) groups is 1. The van der Waals surface area contributed by atoms with E-state index in [0.29, 0.717) is 35.1 Å². The van der Waals surface area contributed by atoms with E-state index in [9.17, 15) is 4.79 Å². The molecule has 0 aliphatic carbocycles. The maximum absolute atomic E-state index is 12.3. The van der Waals surface area contributed by atoms with Crippen molar-refractivity contribution in [2.24, 2.45) is 17.8 Å². The van der Waals surface area contributed by atoms with Crippen molar-refractivity contribution in [3.05, 3.63) is 65.6 Å². The van der Waals surface area contributed by atoms with Gasteiger partial charge in [-0.25, -0.2) is 4.99 Å². The van der Waals surface area contributed by atoms with Crippen molar-refractivity contribution in [3.63, 3.8) is 0 Å². The van der Waals surface area contributed by atoms with Crippen LogP contribution in [0.25, 0.3) is 0 Å². The molecule has 0 atom stereocenters. The summed E-state index contributed by atoms with van der Waals surface area (Å²) in [4.78, 5) is 18.8. The van der Waals surface area contributed by atoms with Crippen LogP contribution in [0.1, 0.15) is 31.1 Å².